The Balaban J connectivity index is 2.07. The Labute approximate surface area is 106 Å². The number of hydrogen-bond acceptors (Lipinski definition) is 2. The monoisotopic (exact) mass is 246 g/mol. The molecule has 2 aromatic rings. The average molecular weight is 247 g/mol. The normalized spacial score (nSPS) is 10.2. The van der Waals surface area contributed by atoms with E-state index in [1.54, 1.807) is 0 Å². The second-order valence-electron chi connectivity index (χ2n) is 4.06. The van der Waals surface area contributed by atoms with Crippen LogP contribution in [0.4, 0.5) is 11.4 Å². The maximum Gasteiger partial charge on any atom is 0.0409 e. The Morgan fingerprint density at radius 2 is 2.00 bits per heavy atom. The number of halogens is 1. The predicted octanol–water partition coefficient (Wildman–Crippen LogP) is 3.84. The quantitative estimate of drug-likeness (QED) is 0.808. The lowest BCUT2D eigenvalue weighted by Gasteiger charge is -2.10. The molecule has 0 aliphatic rings. The van der Waals surface area contributed by atoms with Gasteiger partial charge in [-0.1, -0.05) is 23.7 Å². The molecule has 0 bridgehead atoms. The second-order valence-corrected chi connectivity index (χ2v) is 4.49. The minimum Gasteiger partial charge on any atom is -0.399 e. The van der Waals surface area contributed by atoms with E-state index in [0.29, 0.717) is 0 Å². The molecule has 2 rings (SSSR count). The second kappa shape index (κ2) is 5.11. The fourth-order valence-corrected chi connectivity index (χ4v) is 1.94. The molecule has 0 amide bonds. The zero-order valence-corrected chi connectivity index (χ0v) is 10.5. The van der Waals surface area contributed by atoms with Gasteiger partial charge in [-0.2, -0.15) is 0 Å². The highest BCUT2D eigenvalue weighted by Gasteiger charge is 1.99. The minimum atomic E-state index is 0.755. The summed E-state index contributed by atoms with van der Waals surface area (Å²) in [6, 6.07) is 13.7. The summed E-state index contributed by atoms with van der Waals surface area (Å²) in [5, 5.41) is 4.13. The van der Waals surface area contributed by atoms with Gasteiger partial charge in [0, 0.05) is 22.9 Å². The molecule has 0 saturated heterocycles. The minimum absolute atomic E-state index is 0.755. The van der Waals surface area contributed by atoms with Crippen molar-refractivity contribution in [3.8, 4) is 0 Å². The summed E-state index contributed by atoms with van der Waals surface area (Å²) >= 11 is 5.93. The third-order valence-corrected chi connectivity index (χ3v) is 2.86. The van der Waals surface area contributed by atoms with Crippen LogP contribution in [0.15, 0.2) is 42.5 Å². The number of benzene rings is 2. The molecule has 3 N–H and O–H groups in total. The summed E-state index contributed by atoms with van der Waals surface area (Å²) in [5.41, 5.74) is 9.90. The molecule has 2 nitrogen and oxygen atoms in total. The first-order valence-electron chi connectivity index (χ1n) is 5.49. The lowest BCUT2D eigenvalue weighted by atomic mass is 10.1. The van der Waals surface area contributed by atoms with Crippen molar-refractivity contribution in [1.82, 2.24) is 0 Å². The molecule has 0 radical (unpaired) electrons. The molecule has 88 valence electrons. The van der Waals surface area contributed by atoms with Gasteiger partial charge in [-0.25, -0.2) is 0 Å². The predicted molar refractivity (Wildman–Crippen MR) is 74.4 cm³/mol. The first-order valence-corrected chi connectivity index (χ1v) is 5.87. The molecule has 0 spiro atoms. The summed E-state index contributed by atoms with van der Waals surface area (Å²) in [7, 11) is 0. The van der Waals surface area contributed by atoms with Gasteiger partial charge in [-0.05, 0) is 48.4 Å². The topological polar surface area (TPSA) is 38.0 Å². The van der Waals surface area contributed by atoms with Crippen LogP contribution in [0.5, 0.6) is 0 Å². The average Bonchev–Trinajstić information content (AvgIpc) is 2.28. The van der Waals surface area contributed by atoms with Gasteiger partial charge >= 0.3 is 0 Å². The van der Waals surface area contributed by atoms with Crippen molar-refractivity contribution in [2.45, 2.75) is 13.5 Å². The number of nitrogens with two attached hydrogens (primary N) is 1. The number of hydrogen-bond donors (Lipinski definition) is 2. The summed E-state index contributed by atoms with van der Waals surface area (Å²) in [5.74, 6) is 0. The van der Waals surface area contributed by atoms with Gasteiger partial charge < -0.3 is 11.1 Å². The zero-order valence-electron chi connectivity index (χ0n) is 9.70. The van der Waals surface area contributed by atoms with Crippen molar-refractivity contribution < 1.29 is 0 Å². The van der Waals surface area contributed by atoms with Gasteiger partial charge in [0.1, 0.15) is 0 Å². The number of aryl methyl sites for hydroxylation is 1. The van der Waals surface area contributed by atoms with Crippen LogP contribution in [-0.2, 0) is 6.54 Å². The number of nitrogens with one attached hydrogen (secondary N) is 1. The number of rotatable bonds is 3. The molecule has 0 saturated carbocycles. The van der Waals surface area contributed by atoms with E-state index >= 15 is 0 Å². The SMILES string of the molecule is Cc1cc(N)ccc1NCc1cccc(Cl)c1. The third kappa shape index (κ3) is 3.14. The molecule has 0 fully saturated rings. The van der Waals surface area contributed by atoms with Crippen LogP contribution in [0.3, 0.4) is 0 Å². The Kier molecular flexibility index (Phi) is 3.55. The summed E-state index contributed by atoms with van der Waals surface area (Å²) in [6.45, 7) is 2.79. The van der Waals surface area contributed by atoms with Crippen molar-refractivity contribution in [2.24, 2.45) is 0 Å². The zero-order chi connectivity index (χ0) is 12.3. The first-order chi connectivity index (χ1) is 8.15. The molecule has 0 aromatic heterocycles. The van der Waals surface area contributed by atoms with E-state index in [1.807, 2.05) is 49.4 Å². The van der Waals surface area contributed by atoms with Crippen molar-refractivity contribution in [3.63, 3.8) is 0 Å². The molecular formula is C14H15ClN2. The fourth-order valence-electron chi connectivity index (χ4n) is 1.73. The maximum atomic E-state index is 5.93. The van der Waals surface area contributed by atoms with Crippen molar-refractivity contribution in [1.29, 1.82) is 0 Å². The molecular weight excluding hydrogens is 232 g/mol. The van der Waals surface area contributed by atoms with Gasteiger partial charge in [-0.15, -0.1) is 0 Å². The number of nitrogen functional groups attached to an aromatic ring is 1. The van der Waals surface area contributed by atoms with Crippen LogP contribution in [0.25, 0.3) is 0 Å². The molecule has 0 aliphatic heterocycles. The highest BCUT2D eigenvalue weighted by molar-refractivity contribution is 6.30. The Morgan fingerprint density at radius 3 is 2.71 bits per heavy atom. The fraction of sp³-hybridized carbons (Fsp3) is 0.143. The van der Waals surface area contributed by atoms with Gasteiger partial charge in [0.2, 0.25) is 0 Å². The molecule has 3 heteroatoms. The standard InChI is InChI=1S/C14H15ClN2/c1-10-7-13(16)5-6-14(10)17-9-11-3-2-4-12(15)8-11/h2-8,17H,9,16H2,1H3. The third-order valence-electron chi connectivity index (χ3n) is 2.62. The van der Waals surface area contributed by atoms with Crippen molar-refractivity contribution in [3.05, 3.63) is 58.6 Å². The van der Waals surface area contributed by atoms with E-state index in [4.69, 9.17) is 17.3 Å². The van der Waals surface area contributed by atoms with E-state index in [9.17, 15) is 0 Å². The first kappa shape index (κ1) is 11.8. The maximum absolute atomic E-state index is 5.93. The van der Waals surface area contributed by atoms with Crippen LogP contribution in [0.1, 0.15) is 11.1 Å². The molecule has 0 atom stereocenters. The van der Waals surface area contributed by atoms with Crippen molar-refractivity contribution in [2.75, 3.05) is 11.1 Å². The van der Waals surface area contributed by atoms with E-state index in [2.05, 4.69) is 5.32 Å². The highest BCUT2D eigenvalue weighted by atomic mass is 35.5. The van der Waals surface area contributed by atoms with Crippen LogP contribution >= 0.6 is 11.6 Å². The summed E-state index contributed by atoms with van der Waals surface area (Å²) in [4.78, 5) is 0. The van der Waals surface area contributed by atoms with Crippen LogP contribution in [0.2, 0.25) is 5.02 Å². The molecule has 17 heavy (non-hydrogen) atoms. The van der Waals surface area contributed by atoms with E-state index in [-0.39, 0.29) is 0 Å². The van der Waals surface area contributed by atoms with E-state index in [1.165, 1.54) is 0 Å². The number of anilines is 2. The van der Waals surface area contributed by atoms with Gasteiger partial charge in [-0.3, -0.25) is 0 Å². The van der Waals surface area contributed by atoms with Crippen molar-refractivity contribution >= 4 is 23.0 Å². The molecule has 2 aromatic carbocycles. The van der Waals surface area contributed by atoms with Gasteiger partial charge in [0.25, 0.3) is 0 Å². The molecule has 0 heterocycles. The van der Waals surface area contributed by atoms with E-state index in [0.717, 1.165) is 34.1 Å². The van der Waals surface area contributed by atoms with Crippen LogP contribution in [0, 0.1) is 6.92 Å². The lowest BCUT2D eigenvalue weighted by Crippen LogP contribution is -2.01. The Morgan fingerprint density at radius 1 is 1.18 bits per heavy atom. The van der Waals surface area contributed by atoms with Crippen LogP contribution < -0.4 is 11.1 Å². The smallest absolute Gasteiger partial charge is 0.0409 e. The lowest BCUT2D eigenvalue weighted by molar-refractivity contribution is 1.14. The van der Waals surface area contributed by atoms with Crippen LogP contribution in [-0.4, -0.2) is 0 Å². The van der Waals surface area contributed by atoms with Gasteiger partial charge in [0.15, 0.2) is 0 Å². The van der Waals surface area contributed by atoms with Gasteiger partial charge in [0.05, 0.1) is 0 Å². The Bertz CT molecular complexity index is 523. The Hall–Kier alpha value is -1.67. The molecule has 0 aliphatic carbocycles. The summed E-state index contributed by atoms with van der Waals surface area (Å²) < 4.78 is 0. The molecule has 0 unspecified atom stereocenters. The highest BCUT2D eigenvalue weighted by Crippen LogP contribution is 2.19. The summed E-state index contributed by atoms with van der Waals surface area (Å²) in [6.07, 6.45) is 0. The largest absolute Gasteiger partial charge is 0.399 e. The van der Waals surface area contributed by atoms with E-state index < -0.39 is 0 Å².